The summed E-state index contributed by atoms with van der Waals surface area (Å²) < 4.78 is 0. The summed E-state index contributed by atoms with van der Waals surface area (Å²) in [5, 5.41) is 9.88. The van der Waals surface area contributed by atoms with Gasteiger partial charge in [-0.15, -0.1) is 0 Å². The van der Waals surface area contributed by atoms with E-state index < -0.39 is 11.4 Å². The lowest BCUT2D eigenvalue weighted by molar-refractivity contribution is -0.145. The predicted octanol–water partition coefficient (Wildman–Crippen LogP) is 4.17. The fraction of sp³-hybridized carbons (Fsp3) is 0.588. The highest BCUT2D eigenvalue weighted by molar-refractivity contribution is 5.82. The van der Waals surface area contributed by atoms with Crippen LogP contribution in [-0.2, 0) is 16.6 Å². The van der Waals surface area contributed by atoms with Gasteiger partial charge in [-0.3, -0.25) is 4.79 Å². The summed E-state index contributed by atoms with van der Waals surface area (Å²) in [6.45, 7) is 4.33. The third-order valence-electron chi connectivity index (χ3n) is 4.78. The Morgan fingerprint density at radius 3 is 2.63 bits per heavy atom. The minimum Gasteiger partial charge on any atom is -0.481 e. The van der Waals surface area contributed by atoms with Crippen molar-refractivity contribution in [1.29, 1.82) is 0 Å². The van der Waals surface area contributed by atoms with E-state index in [1.54, 1.807) is 0 Å². The summed E-state index contributed by atoms with van der Waals surface area (Å²) >= 11 is 0. The third-order valence-corrected chi connectivity index (χ3v) is 4.78. The predicted molar refractivity (Wildman–Crippen MR) is 77.4 cm³/mol. The Labute approximate surface area is 115 Å². The average molecular weight is 260 g/mol. The van der Waals surface area contributed by atoms with Gasteiger partial charge in [0.05, 0.1) is 5.41 Å². The van der Waals surface area contributed by atoms with Crippen LogP contribution in [0.15, 0.2) is 24.3 Å². The highest BCUT2D eigenvalue weighted by Gasteiger charge is 2.44. The number of hydrogen-bond donors (Lipinski definition) is 1. The number of benzene rings is 1. The van der Waals surface area contributed by atoms with Gasteiger partial charge in [-0.1, -0.05) is 51.0 Å². The highest BCUT2D eigenvalue weighted by atomic mass is 16.4. The Balaban J connectivity index is 2.43. The molecule has 1 aromatic carbocycles. The van der Waals surface area contributed by atoms with Gasteiger partial charge in [-0.2, -0.15) is 0 Å². The Morgan fingerprint density at radius 2 is 2.00 bits per heavy atom. The Bertz CT molecular complexity index is 448. The molecule has 2 heteroatoms. The first kappa shape index (κ1) is 14.1. The van der Waals surface area contributed by atoms with E-state index in [4.69, 9.17) is 0 Å². The lowest BCUT2D eigenvalue weighted by Crippen LogP contribution is -2.40. The molecule has 2 rings (SSSR count). The molecule has 0 amide bonds. The van der Waals surface area contributed by atoms with Gasteiger partial charge in [0.2, 0.25) is 0 Å². The molecule has 1 aliphatic rings. The molecule has 1 N–H and O–H groups in total. The number of fused-ring (bicyclic) bond motifs is 1. The van der Waals surface area contributed by atoms with Gasteiger partial charge < -0.3 is 5.11 Å². The van der Waals surface area contributed by atoms with Crippen LogP contribution in [0.25, 0.3) is 0 Å². The zero-order valence-electron chi connectivity index (χ0n) is 12.0. The van der Waals surface area contributed by atoms with Gasteiger partial charge in [0.15, 0.2) is 0 Å². The molecule has 0 saturated heterocycles. The molecular weight excluding hydrogens is 236 g/mol. The van der Waals surface area contributed by atoms with Crippen molar-refractivity contribution < 1.29 is 9.90 Å². The summed E-state index contributed by atoms with van der Waals surface area (Å²) in [5.74, 6) is -0.131. The lowest BCUT2D eigenvalue weighted by Gasteiger charge is -2.37. The summed E-state index contributed by atoms with van der Waals surface area (Å²) in [6, 6.07) is 8.13. The number of carboxylic acid groups (broad SMARTS) is 1. The minimum absolute atomic E-state index is 0.502. The van der Waals surface area contributed by atoms with Gasteiger partial charge >= 0.3 is 5.97 Å². The average Bonchev–Trinajstić information content (AvgIpc) is 2.44. The molecule has 104 valence electrons. The standard InChI is InChI=1S/C17H24O2/c1-3-13(4-2)12-17(16(18)19)11-7-9-14-8-5-6-10-15(14)17/h5-6,8,10,13H,3-4,7,9,11-12H2,1-2H3,(H,18,19). The fourth-order valence-electron chi connectivity index (χ4n) is 3.51. The zero-order valence-corrected chi connectivity index (χ0v) is 12.0. The Hall–Kier alpha value is -1.31. The molecule has 0 saturated carbocycles. The second-order valence-corrected chi connectivity index (χ2v) is 5.78. The third kappa shape index (κ3) is 2.54. The summed E-state index contributed by atoms with van der Waals surface area (Å²) in [6.07, 6.45) is 5.71. The van der Waals surface area contributed by atoms with Crippen LogP contribution in [0.4, 0.5) is 0 Å². The van der Waals surface area contributed by atoms with Crippen molar-refractivity contribution in [2.45, 2.75) is 57.8 Å². The second kappa shape index (κ2) is 5.77. The first-order valence-electron chi connectivity index (χ1n) is 7.45. The second-order valence-electron chi connectivity index (χ2n) is 5.78. The van der Waals surface area contributed by atoms with Crippen molar-refractivity contribution in [3.63, 3.8) is 0 Å². The minimum atomic E-state index is -0.647. The number of aliphatic carboxylic acids is 1. The molecule has 2 nitrogen and oxygen atoms in total. The molecule has 0 spiro atoms. The van der Waals surface area contributed by atoms with Crippen molar-refractivity contribution in [1.82, 2.24) is 0 Å². The first-order chi connectivity index (χ1) is 9.14. The van der Waals surface area contributed by atoms with Gasteiger partial charge in [0.25, 0.3) is 0 Å². The number of hydrogen-bond acceptors (Lipinski definition) is 1. The monoisotopic (exact) mass is 260 g/mol. The van der Waals surface area contributed by atoms with E-state index in [9.17, 15) is 9.90 Å². The van der Waals surface area contributed by atoms with Crippen LogP contribution in [-0.4, -0.2) is 11.1 Å². The molecule has 1 aliphatic carbocycles. The normalized spacial score (nSPS) is 22.3. The number of carbonyl (C=O) groups is 1. The summed E-state index contributed by atoms with van der Waals surface area (Å²) in [4.78, 5) is 12.0. The molecule has 19 heavy (non-hydrogen) atoms. The number of aryl methyl sites for hydroxylation is 1. The first-order valence-corrected chi connectivity index (χ1v) is 7.45. The topological polar surface area (TPSA) is 37.3 Å². The molecule has 0 bridgehead atoms. The van der Waals surface area contributed by atoms with Crippen LogP contribution >= 0.6 is 0 Å². The van der Waals surface area contributed by atoms with E-state index >= 15 is 0 Å². The SMILES string of the molecule is CCC(CC)CC1(C(=O)O)CCCc2ccccc21. The van der Waals surface area contributed by atoms with E-state index in [1.807, 2.05) is 18.2 Å². The van der Waals surface area contributed by atoms with Crippen molar-refractivity contribution in [3.8, 4) is 0 Å². The molecule has 0 fully saturated rings. The van der Waals surface area contributed by atoms with Crippen LogP contribution < -0.4 is 0 Å². The molecule has 0 aliphatic heterocycles. The number of carboxylic acids is 1. The summed E-state index contributed by atoms with van der Waals surface area (Å²) in [7, 11) is 0. The van der Waals surface area contributed by atoms with Crippen molar-refractivity contribution in [2.75, 3.05) is 0 Å². The van der Waals surface area contributed by atoms with E-state index in [2.05, 4.69) is 19.9 Å². The molecule has 1 atom stereocenters. The fourth-order valence-corrected chi connectivity index (χ4v) is 3.51. The van der Waals surface area contributed by atoms with E-state index in [1.165, 1.54) is 5.56 Å². The molecule has 0 heterocycles. The lowest BCUT2D eigenvalue weighted by atomic mass is 9.65. The quantitative estimate of drug-likeness (QED) is 0.862. The highest BCUT2D eigenvalue weighted by Crippen LogP contribution is 2.43. The van der Waals surface area contributed by atoms with Gasteiger partial charge in [0.1, 0.15) is 0 Å². The van der Waals surface area contributed by atoms with Gasteiger partial charge in [0, 0.05) is 0 Å². The molecule has 0 radical (unpaired) electrons. The smallest absolute Gasteiger partial charge is 0.314 e. The van der Waals surface area contributed by atoms with Crippen molar-refractivity contribution in [3.05, 3.63) is 35.4 Å². The summed E-state index contributed by atoms with van der Waals surface area (Å²) in [5.41, 5.74) is 1.66. The maximum atomic E-state index is 12.0. The Kier molecular flexibility index (Phi) is 4.28. The largest absolute Gasteiger partial charge is 0.481 e. The van der Waals surface area contributed by atoms with Gasteiger partial charge in [-0.25, -0.2) is 0 Å². The molecule has 1 aromatic rings. The van der Waals surface area contributed by atoms with Crippen LogP contribution in [0.2, 0.25) is 0 Å². The van der Waals surface area contributed by atoms with Crippen LogP contribution in [0.3, 0.4) is 0 Å². The van der Waals surface area contributed by atoms with Gasteiger partial charge in [-0.05, 0) is 42.7 Å². The van der Waals surface area contributed by atoms with Crippen LogP contribution in [0.1, 0.15) is 57.1 Å². The van der Waals surface area contributed by atoms with E-state index in [0.29, 0.717) is 5.92 Å². The van der Waals surface area contributed by atoms with Crippen molar-refractivity contribution >= 4 is 5.97 Å². The molecule has 1 unspecified atom stereocenters. The maximum Gasteiger partial charge on any atom is 0.314 e. The Morgan fingerprint density at radius 1 is 1.32 bits per heavy atom. The number of rotatable bonds is 5. The zero-order chi connectivity index (χ0) is 13.9. The maximum absolute atomic E-state index is 12.0. The van der Waals surface area contributed by atoms with E-state index in [-0.39, 0.29) is 0 Å². The van der Waals surface area contributed by atoms with Crippen LogP contribution in [0, 0.1) is 5.92 Å². The molecule has 0 aromatic heterocycles. The van der Waals surface area contributed by atoms with Crippen LogP contribution in [0.5, 0.6) is 0 Å². The van der Waals surface area contributed by atoms with E-state index in [0.717, 1.165) is 44.1 Å². The molecular formula is C17H24O2. The van der Waals surface area contributed by atoms with Crippen molar-refractivity contribution in [2.24, 2.45) is 5.92 Å².